The highest BCUT2D eigenvalue weighted by Gasteiger charge is 2.13. The van der Waals surface area contributed by atoms with Crippen LogP contribution in [0.3, 0.4) is 0 Å². The highest BCUT2D eigenvalue weighted by molar-refractivity contribution is 7.99. The summed E-state index contributed by atoms with van der Waals surface area (Å²) in [6.45, 7) is 8.60. The van der Waals surface area contributed by atoms with Crippen LogP contribution in [0.5, 0.6) is 0 Å². The third-order valence-electron chi connectivity index (χ3n) is 2.06. The van der Waals surface area contributed by atoms with Gasteiger partial charge in [0.15, 0.2) is 0 Å². The molecule has 0 fully saturated rings. The Morgan fingerprint density at radius 2 is 2.07 bits per heavy atom. The number of hydrogen-bond donors (Lipinski definition) is 1. The first-order valence-corrected chi connectivity index (χ1v) is 7.26. The van der Waals surface area contributed by atoms with Crippen LogP contribution >= 0.6 is 23.1 Å². The molecule has 1 rings (SSSR count). The lowest BCUT2D eigenvalue weighted by atomic mass is 10.2. The predicted molar refractivity (Wildman–Crippen MR) is 70.5 cm³/mol. The van der Waals surface area contributed by atoms with Crippen molar-refractivity contribution in [1.82, 2.24) is 4.98 Å². The Morgan fingerprint density at radius 3 is 2.47 bits per heavy atom. The van der Waals surface area contributed by atoms with Crippen LogP contribution in [0.25, 0.3) is 0 Å². The summed E-state index contributed by atoms with van der Waals surface area (Å²) in [5.41, 5.74) is 7.11. The molecule has 0 aliphatic carbocycles. The molecule has 0 amide bonds. The smallest absolute Gasteiger partial charge is 0.103 e. The Kier molecular flexibility index (Phi) is 5.09. The Bertz CT molecular complexity index is 306. The number of thiazole rings is 1. The molecule has 2 N–H and O–H groups in total. The molecule has 0 radical (unpaired) electrons. The number of aryl methyl sites for hydroxylation is 1. The lowest BCUT2D eigenvalue weighted by Crippen LogP contribution is -2.05. The average Bonchev–Trinajstić information content (AvgIpc) is 2.57. The molecule has 1 atom stereocenters. The van der Waals surface area contributed by atoms with Crippen LogP contribution in [0.15, 0.2) is 0 Å². The monoisotopic (exact) mass is 244 g/mol. The first kappa shape index (κ1) is 13.0. The standard InChI is InChI=1S/C11H20N2S2/c1-5-9-11(8(4)12)15-10(13-9)6-14-7(2)3/h7-8H,5-6,12H2,1-4H3. The molecule has 0 bridgehead atoms. The minimum Gasteiger partial charge on any atom is -0.323 e. The lowest BCUT2D eigenvalue weighted by Gasteiger charge is -2.02. The zero-order valence-corrected chi connectivity index (χ0v) is 11.5. The minimum atomic E-state index is 0.121. The molecule has 0 aliphatic heterocycles. The van der Waals surface area contributed by atoms with Crippen LogP contribution in [-0.4, -0.2) is 10.2 Å². The second kappa shape index (κ2) is 5.87. The average molecular weight is 244 g/mol. The molecule has 2 nitrogen and oxygen atoms in total. The van der Waals surface area contributed by atoms with Crippen molar-refractivity contribution >= 4 is 23.1 Å². The second-order valence-electron chi connectivity index (χ2n) is 3.92. The topological polar surface area (TPSA) is 38.9 Å². The highest BCUT2D eigenvalue weighted by atomic mass is 32.2. The zero-order chi connectivity index (χ0) is 11.4. The van der Waals surface area contributed by atoms with Crippen molar-refractivity contribution in [1.29, 1.82) is 0 Å². The second-order valence-corrected chi connectivity index (χ2v) is 6.60. The van der Waals surface area contributed by atoms with Gasteiger partial charge in [0.2, 0.25) is 0 Å². The van der Waals surface area contributed by atoms with Gasteiger partial charge in [-0.2, -0.15) is 11.8 Å². The minimum absolute atomic E-state index is 0.121. The summed E-state index contributed by atoms with van der Waals surface area (Å²) in [4.78, 5) is 5.90. The summed E-state index contributed by atoms with van der Waals surface area (Å²) in [6.07, 6.45) is 0.986. The van der Waals surface area contributed by atoms with Crippen LogP contribution in [0.4, 0.5) is 0 Å². The van der Waals surface area contributed by atoms with E-state index in [4.69, 9.17) is 5.73 Å². The fourth-order valence-electron chi connectivity index (χ4n) is 1.32. The van der Waals surface area contributed by atoms with Gasteiger partial charge >= 0.3 is 0 Å². The van der Waals surface area contributed by atoms with Crippen molar-refractivity contribution in [2.45, 2.75) is 51.2 Å². The molecule has 1 aromatic heterocycles. The van der Waals surface area contributed by atoms with Crippen molar-refractivity contribution < 1.29 is 0 Å². The number of nitrogens with two attached hydrogens (primary N) is 1. The molecule has 1 unspecified atom stereocenters. The Labute approximate surface area is 101 Å². The highest BCUT2D eigenvalue weighted by Crippen LogP contribution is 2.28. The van der Waals surface area contributed by atoms with Gasteiger partial charge in [0.25, 0.3) is 0 Å². The van der Waals surface area contributed by atoms with Gasteiger partial charge in [0, 0.05) is 16.7 Å². The molecule has 0 spiro atoms. The fraction of sp³-hybridized carbons (Fsp3) is 0.727. The third-order valence-corrected chi connectivity index (χ3v) is 4.65. The summed E-state index contributed by atoms with van der Waals surface area (Å²) >= 11 is 3.71. The molecular weight excluding hydrogens is 224 g/mol. The lowest BCUT2D eigenvalue weighted by molar-refractivity contribution is 0.813. The first-order chi connectivity index (χ1) is 7.04. The Morgan fingerprint density at radius 1 is 1.40 bits per heavy atom. The molecule has 1 heterocycles. The van der Waals surface area contributed by atoms with Crippen LogP contribution in [-0.2, 0) is 12.2 Å². The van der Waals surface area contributed by atoms with Crippen LogP contribution in [0.1, 0.15) is 49.3 Å². The van der Waals surface area contributed by atoms with Crippen LogP contribution in [0.2, 0.25) is 0 Å². The number of thioether (sulfide) groups is 1. The molecule has 0 saturated heterocycles. The zero-order valence-electron chi connectivity index (χ0n) is 9.91. The van der Waals surface area contributed by atoms with Crippen molar-refractivity contribution in [3.05, 3.63) is 15.6 Å². The van der Waals surface area contributed by atoms with Gasteiger partial charge in [-0.15, -0.1) is 11.3 Å². The van der Waals surface area contributed by atoms with E-state index in [9.17, 15) is 0 Å². The summed E-state index contributed by atoms with van der Waals surface area (Å²) in [7, 11) is 0. The van der Waals surface area contributed by atoms with E-state index >= 15 is 0 Å². The largest absolute Gasteiger partial charge is 0.323 e. The van der Waals surface area contributed by atoms with Crippen molar-refractivity contribution in [2.24, 2.45) is 5.73 Å². The predicted octanol–water partition coefficient (Wildman–Crippen LogP) is 3.37. The molecule has 0 aromatic carbocycles. The van der Waals surface area contributed by atoms with Gasteiger partial charge in [-0.25, -0.2) is 4.98 Å². The van der Waals surface area contributed by atoms with E-state index in [2.05, 4.69) is 25.8 Å². The van der Waals surface area contributed by atoms with Gasteiger partial charge < -0.3 is 5.73 Å². The maximum atomic E-state index is 5.92. The number of rotatable bonds is 5. The maximum Gasteiger partial charge on any atom is 0.103 e. The van der Waals surface area contributed by atoms with Gasteiger partial charge in [0.05, 0.1) is 5.69 Å². The van der Waals surface area contributed by atoms with E-state index in [-0.39, 0.29) is 6.04 Å². The molecule has 4 heteroatoms. The normalized spacial score (nSPS) is 13.5. The molecular formula is C11H20N2S2. The number of nitrogens with zero attached hydrogens (tertiary/aromatic N) is 1. The van der Waals surface area contributed by atoms with Gasteiger partial charge in [-0.1, -0.05) is 20.8 Å². The SMILES string of the molecule is CCc1nc(CSC(C)C)sc1C(C)N. The van der Waals surface area contributed by atoms with E-state index in [0.717, 1.165) is 12.2 Å². The van der Waals surface area contributed by atoms with E-state index < -0.39 is 0 Å². The maximum absolute atomic E-state index is 5.92. The molecule has 1 aromatic rings. The van der Waals surface area contributed by atoms with Crippen LogP contribution in [0, 0.1) is 0 Å². The van der Waals surface area contributed by atoms with Gasteiger partial charge in [-0.3, -0.25) is 0 Å². The molecule has 0 saturated carbocycles. The van der Waals surface area contributed by atoms with E-state index in [1.54, 1.807) is 11.3 Å². The van der Waals surface area contributed by atoms with Crippen molar-refractivity contribution in [3.8, 4) is 0 Å². The Hall–Kier alpha value is -0.0600. The molecule has 0 aliphatic rings. The van der Waals surface area contributed by atoms with E-state index in [1.807, 2.05) is 18.7 Å². The Balaban J connectivity index is 2.74. The summed E-state index contributed by atoms with van der Waals surface area (Å²) in [5.74, 6) is 1.02. The number of aromatic nitrogens is 1. The fourth-order valence-corrected chi connectivity index (χ4v) is 3.21. The van der Waals surface area contributed by atoms with E-state index in [1.165, 1.54) is 15.6 Å². The molecule has 15 heavy (non-hydrogen) atoms. The summed E-state index contributed by atoms with van der Waals surface area (Å²) in [6, 6.07) is 0.121. The third kappa shape index (κ3) is 3.78. The van der Waals surface area contributed by atoms with Crippen molar-refractivity contribution in [3.63, 3.8) is 0 Å². The summed E-state index contributed by atoms with van der Waals surface area (Å²) in [5, 5.41) is 1.88. The molecule has 86 valence electrons. The van der Waals surface area contributed by atoms with Gasteiger partial charge in [0.1, 0.15) is 5.01 Å². The van der Waals surface area contributed by atoms with E-state index in [0.29, 0.717) is 5.25 Å². The van der Waals surface area contributed by atoms with Gasteiger partial charge in [-0.05, 0) is 18.6 Å². The number of hydrogen-bond acceptors (Lipinski definition) is 4. The quantitative estimate of drug-likeness (QED) is 0.863. The van der Waals surface area contributed by atoms with Crippen LogP contribution < -0.4 is 5.73 Å². The van der Waals surface area contributed by atoms with Crippen molar-refractivity contribution in [2.75, 3.05) is 0 Å². The summed E-state index contributed by atoms with van der Waals surface area (Å²) < 4.78 is 0. The first-order valence-electron chi connectivity index (χ1n) is 5.40.